The number of fused-ring (bicyclic) bond motifs is 2. The van der Waals surface area contributed by atoms with Crippen molar-refractivity contribution in [2.75, 3.05) is 11.4 Å². The number of para-hydroxylation sites is 1. The molecule has 0 N–H and O–H groups in total. The molecule has 4 rings (SSSR count). The number of hydrogen-bond donors (Lipinski definition) is 0. The van der Waals surface area contributed by atoms with Gasteiger partial charge in [-0.1, -0.05) is 25.1 Å². The molecule has 2 aromatic carbocycles. The van der Waals surface area contributed by atoms with Gasteiger partial charge in [-0.3, -0.25) is 10.1 Å². The molecule has 0 aliphatic carbocycles. The first-order valence-electron chi connectivity index (χ1n) is 8.94. The van der Waals surface area contributed by atoms with Gasteiger partial charge in [-0.15, -0.1) is 0 Å². The summed E-state index contributed by atoms with van der Waals surface area (Å²) < 4.78 is 6.59. The van der Waals surface area contributed by atoms with Gasteiger partial charge in [0.05, 0.1) is 10.3 Å². The van der Waals surface area contributed by atoms with Crippen LogP contribution in [0, 0.1) is 10.1 Å². The van der Waals surface area contributed by atoms with Gasteiger partial charge in [0.15, 0.2) is 0 Å². The first-order valence-corrected chi connectivity index (χ1v) is 8.94. The molecular weight excluding hydrogens is 328 g/mol. The van der Waals surface area contributed by atoms with E-state index in [0.29, 0.717) is 5.75 Å². The molecule has 5 heteroatoms. The Morgan fingerprint density at radius 1 is 1.19 bits per heavy atom. The van der Waals surface area contributed by atoms with Crippen LogP contribution in [0.3, 0.4) is 0 Å². The lowest BCUT2D eigenvalue weighted by atomic mass is 9.76. The molecule has 2 aliphatic rings. The maximum Gasteiger partial charge on any atom is 0.270 e. The Balaban J connectivity index is 1.86. The molecule has 0 aromatic heterocycles. The first kappa shape index (κ1) is 16.6. The molecule has 2 aromatic rings. The smallest absolute Gasteiger partial charge is 0.270 e. The van der Waals surface area contributed by atoms with Crippen molar-refractivity contribution in [2.45, 2.75) is 38.3 Å². The number of benzene rings is 2. The fraction of sp³-hybridized carbons (Fsp3) is 0.333. The molecule has 0 radical (unpaired) electrons. The Morgan fingerprint density at radius 3 is 2.69 bits per heavy atom. The summed E-state index contributed by atoms with van der Waals surface area (Å²) in [6.45, 7) is 7.42. The fourth-order valence-corrected chi connectivity index (χ4v) is 4.21. The second kappa shape index (κ2) is 5.59. The van der Waals surface area contributed by atoms with Gasteiger partial charge in [-0.25, -0.2) is 0 Å². The molecule has 0 saturated heterocycles. The summed E-state index contributed by atoms with van der Waals surface area (Å²) >= 11 is 0. The Hall–Kier alpha value is -2.82. The van der Waals surface area contributed by atoms with Gasteiger partial charge in [0.25, 0.3) is 5.69 Å². The SMILES string of the molecule is CCCN1c2ccccc2C(C)(C)[C@]12C=Cc1cc([N+](=O)[O-])ccc1O2. The Kier molecular flexibility index (Phi) is 3.58. The van der Waals surface area contributed by atoms with E-state index < -0.39 is 5.72 Å². The highest BCUT2D eigenvalue weighted by Gasteiger charge is 2.58. The van der Waals surface area contributed by atoms with E-state index in [4.69, 9.17) is 4.74 Å². The average Bonchev–Trinajstić information content (AvgIpc) is 2.81. The maximum atomic E-state index is 11.1. The minimum atomic E-state index is -0.643. The molecule has 1 spiro atoms. The van der Waals surface area contributed by atoms with Crippen LogP contribution in [-0.2, 0) is 5.41 Å². The Labute approximate surface area is 153 Å². The van der Waals surface area contributed by atoms with E-state index in [0.717, 1.165) is 18.5 Å². The summed E-state index contributed by atoms with van der Waals surface area (Å²) in [5, 5.41) is 11.1. The minimum absolute atomic E-state index is 0.0762. The Morgan fingerprint density at radius 2 is 1.96 bits per heavy atom. The van der Waals surface area contributed by atoms with Crippen molar-refractivity contribution < 1.29 is 9.66 Å². The molecule has 0 amide bonds. The van der Waals surface area contributed by atoms with E-state index in [-0.39, 0.29) is 16.0 Å². The zero-order chi connectivity index (χ0) is 18.5. The lowest BCUT2D eigenvalue weighted by molar-refractivity contribution is -0.384. The van der Waals surface area contributed by atoms with E-state index in [2.05, 4.69) is 56.0 Å². The van der Waals surface area contributed by atoms with Gasteiger partial charge in [0.1, 0.15) is 5.75 Å². The summed E-state index contributed by atoms with van der Waals surface area (Å²) in [4.78, 5) is 13.0. The number of hydrogen-bond acceptors (Lipinski definition) is 4. The third-order valence-corrected chi connectivity index (χ3v) is 5.57. The highest BCUT2D eigenvalue weighted by molar-refractivity contribution is 5.73. The standard InChI is InChI=1S/C21H22N2O3/c1-4-13-22-18-8-6-5-7-17(18)20(2,3)21(22)12-11-15-14-16(23(24)25)9-10-19(15)26-21/h5-12,14H,4,13H2,1-3H3/t21-/m1/s1. The van der Waals surface area contributed by atoms with Crippen molar-refractivity contribution in [2.24, 2.45) is 0 Å². The molecule has 26 heavy (non-hydrogen) atoms. The molecular formula is C21H22N2O3. The van der Waals surface area contributed by atoms with Gasteiger partial charge < -0.3 is 9.64 Å². The van der Waals surface area contributed by atoms with Crippen LogP contribution in [0.15, 0.2) is 48.5 Å². The zero-order valence-corrected chi connectivity index (χ0v) is 15.2. The number of anilines is 1. The van der Waals surface area contributed by atoms with E-state index in [1.54, 1.807) is 12.1 Å². The number of ether oxygens (including phenoxy) is 1. The van der Waals surface area contributed by atoms with Crippen LogP contribution in [0.5, 0.6) is 5.75 Å². The number of rotatable bonds is 3. The highest BCUT2D eigenvalue weighted by Crippen LogP contribution is 2.54. The van der Waals surface area contributed by atoms with Crippen LogP contribution >= 0.6 is 0 Å². The molecule has 134 valence electrons. The van der Waals surface area contributed by atoms with E-state index >= 15 is 0 Å². The van der Waals surface area contributed by atoms with Gasteiger partial charge in [0, 0.05) is 29.9 Å². The normalized spacial score (nSPS) is 22.0. The van der Waals surface area contributed by atoms with Gasteiger partial charge in [-0.2, -0.15) is 0 Å². The number of non-ortho nitro benzene ring substituents is 1. The van der Waals surface area contributed by atoms with Gasteiger partial charge >= 0.3 is 0 Å². The summed E-state index contributed by atoms with van der Waals surface area (Å²) in [5.74, 6) is 0.681. The largest absolute Gasteiger partial charge is 0.463 e. The molecule has 2 heterocycles. The second-order valence-electron chi connectivity index (χ2n) is 7.40. The van der Waals surface area contributed by atoms with Gasteiger partial charge in [-0.05, 0) is 50.1 Å². The van der Waals surface area contributed by atoms with Crippen LogP contribution in [-0.4, -0.2) is 17.2 Å². The minimum Gasteiger partial charge on any atom is -0.463 e. The number of nitrogens with zero attached hydrogens (tertiary/aromatic N) is 2. The average molecular weight is 350 g/mol. The number of nitro groups is 1. The summed E-state index contributed by atoms with van der Waals surface area (Å²) in [5.41, 5.74) is 2.35. The Bertz CT molecular complexity index is 919. The third-order valence-electron chi connectivity index (χ3n) is 5.57. The molecule has 5 nitrogen and oxygen atoms in total. The monoisotopic (exact) mass is 350 g/mol. The molecule has 1 atom stereocenters. The third kappa shape index (κ3) is 2.09. The molecule has 0 saturated carbocycles. The van der Waals surface area contributed by atoms with Crippen LogP contribution in [0.4, 0.5) is 11.4 Å². The fourth-order valence-electron chi connectivity index (χ4n) is 4.21. The molecule has 0 fully saturated rings. The van der Waals surface area contributed by atoms with Crippen LogP contribution in [0.1, 0.15) is 38.3 Å². The van der Waals surface area contributed by atoms with Crippen molar-refractivity contribution in [1.29, 1.82) is 0 Å². The zero-order valence-electron chi connectivity index (χ0n) is 15.2. The molecule has 0 bridgehead atoms. The quantitative estimate of drug-likeness (QED) is 0.583. The van der Waals surface area contributed by atoms with Gasteiger partial charge in [0.2, 0.25) is 5.72 Å². The summed E-state index contributed by atoms with van der Waals surface area (Å²) in [6.07, 6.45) is 5.02. The van der Waals surface area contributed by atoms with Crippen molar-refractivity contribution in [1.82, 2.24) is 0 Å². The van der Waals surface area contributed by atoms with Crippen LogP contribution in [0.25, 0.3) is 6.08 Å². The number of nitro benzene ring substituents is 1. The first-order chi connectivity index (χ1) is 12.4. The molecule has 2 aliphatic heterocycles. The lowest BCUT2D eigenvalue weighted by Crippen LogP contribution is -2.59. The second-order valence-corrected chi connectivity index (χ2v) is 7.40. The summed E-state index contributed by atoms with van der Waals surface area (Å²) in [7, 11) is 0. The van der Waals surface area contributed by atoms with Crippen molar-refractivity contribution >= 4 is 17.5 Å². The van der Waals surface area contributed by atoms with E-state index in [9.17, 15) is 10.1 Å². The molecule has 0 unspecified atom stereocenters. The van der Waals surface area contributed by atoms with Crippen LogP contribution in [0.2, 0.25) is 0 Å². The van der Waals surface area contributed by atoms with Crippen molar-refractivity contribution in [3.8, 4) is 5.75 Å². The van der Waals surface area contributed by atoms with E-state index in [1.165, 1.54) is 17.3 Å². The highest BCUT2D eigenvalue weighted by atomic mass is 16.6. The summed E-state index contributed by atoms with van der Waals surface area (Å²) in [6, 6.07) is 13.2. The van der Waals surface area contributed by atoms with Crippen LogP contribution < -0.4 is 9.64 Å². The lowest BCUT2D eigenvalue weighted by Gasteiger charge is -2.47. The predicted molar refractivity (Wildman–Crippen MR) is 103 cm³/mol. The maximum absolute atomic E-state index is 11.1. The predicted octanol–water partition coefficient (Wildman–Crippen LogP) is 4.90. The van der Waals surface area contributed by atoms with Crippen molar-refractivity contribution in [3.63, 3.8) is 0 Å². The van der Waals surface area contributed by atoms with E-state index in [1.807, 2.05) is 6.08 Å². The van der Waals surface area contributed by atoms with Crippen molar-refractivity contribution in [3.05, 3.63) is 69.8 Å². The topological polar surface area (TPSA) is 55.6 Å².